The van der Waals surface area contributed by atoms with Gasteiger partial charge < -0.3 is 9.67 Å². The van der Waals surface area contributed by atoms with Crippen LogP contribution in [-0.4, -0.2) is 15.6 Å². The molecule has 0 amide bonds. The van der Waals surface area contributed by atoms with Gasteiger partial charge in [0.25, 0.3) is 5.56 Å². The minimum absolute atomic E-state index is 0.169. The van der Waals surface area contributed by atoms with Crippen LogP contribution in [0, 0.1) is 5.92 Å². The van der Waals surface area contributed by atoms with Crippen molar-refractivity contribution in [3.63, 3.8) is 0 Å². The lowest BCUT2D eigenvalue weighted by atomic mass is 10.1. The summed E-state index contributed by atoms with van der Waals surface area (Å²) in [6.07, 6.45) is -0.213. The minimum Gasteiger partial charge on any atom is -0.481 e. The van der Waals surface area contributed by atoms with Crippen molar-refractivity contribution in [2.24, 2.45) is 5.92 Å². The van der Waals surface area contributed by atoms with Crippen LogP contribution in [0.15, 0.2) is 16.9 Å². The number of pyridine rings is 1. The molecule has 0 fully saturated rings. The molecule has 0 aliphatic heterocycles. The van der Waals surface area contributed by atoms with Gasteiger partial charge in [-0.3, -0.25) is 9.59 Å². The molecule has 1 N–H and O–H groups in total. The molecule has 0 unspecified atom stereocenters. The van der Waals surface area contributed by atoms with Gasteiger partial charge in [0.05, 0.1) is 6.42 Å². The molecule has 1 aromatic heterocycles. The van der Waals surface area contributed by atoms with E-state index in [1.54, 1.807) is 10.6 Å². The number of nitrogens with zero attached hydrogens (tertiary/aromatic N) is 1. The summed E-state index contributed by atoms with van der Waals surface area (Å²) in [5.41, 5.74) is 1.15. The summed E-state index contributed by atoms with van der Waals surface area (Å²) in [6.45, 7) is 8.77. The lowest BCUT2D eigenvalue weighted by molar-refractivity contribution is -0.136. The zero-order chi connectivity index (χ0) is 13.9. The molecule has 0 aliphatic rings. The molecule has 100 valence electrons. The number of carbonyl (C=O) groups is 1. The van der Waals surface area contributed by atoms with Gasteiger partial charge in [0.15, 0.2) is 0 Å². The Morgan fingerprint density at radius 3 is 2.33 bits per heavy atom. The summed E-state index contributed by atoms with van der Waals surface area (Å²) in [5.74, 6) is -0.379. The second kappa shape index (κ2) is 5.85. The Labute approximate surface area is 107 Å². The molecule has 1 aromatic rings. The van der Waals surface area contributed by atoms with Crippen molar-refractivity contribution in [3.8, 4) is 0 Å². The summed E-state index contributed by atoms with van der Waals surface area (Å²) >= 11 is 0. The zero-order valence-electron chi connectivity index (χ0n) is 11.4. The second-order valence-electron chi connectivity index (χ2n) is 5.32. The van der Waals surface area contributed by atoms with Gasteiger partial charge in [0.2, 0.25) is 0 Å². The zero-order valence-corrected chi connectivity index (χ0v) is 11.4. The van der Waals surface area contributed by atoms with E-state index in [-0.39, 0.29) is 17.9 Å². The summed E-state index contributed by atoms with van der Waals surface area (Å²) in [6, 6.07) is 3.51. The quantitative estimate of drug-likeness (QED) is 0.873. The first kappa shape index (κ1) is 14.5. The topological polar surface area (TPSA) is 59.3 Å². The van der Waals surface area contributed by atoms with Crippen LogP contribution in [0.5, 0.6) is 0 Å². The molecule has 0 saturated carbocycles. The van der Waals surface area contributed by atoms with Crippen molar-refractivity contribution in [1.29, 1.82) is 0 Å². The Balaban J connectivity index is 3.30. The van der Waals surface area contributed by atoms with Gasteiger partial charge in [-0.25, -0.2) is 0 Å². The van der Waals surface area contributed by atoms with E-state index in [9.17, 15) is 9.59 Å². The highest BCUT2D eigenvalue weighted by Crippen LogP contribution is 2.14. The molecule has 0 atom stereocenters. The van der Waals surface area contributed by atoms with E-state index in [1.165, 1.54) is 0 Å². The Hall–Kier alpha value is -1.58. The largest absolute Gasteiger partial charge is 0.481 e. The van der Waals surface area contributed by atoms with Crippen molar-refractivity contribution in [3.05, 3.63) is 33.7 Å². The van der Waals surface area contributed by atoms with E-state index in [0.717, 1.165) is 5.69 Å². The van der Waals surface area contributed by atoms with E-state index in [1.807, 2.05) is 33.8 Å². The normalized spacial score (nSPS) is 11.2. The summed E-state index contributed by atoms with van der Waals surface area (Å²) in [5, 5.41) is 8.79. The van der Waals surface area contributed by atoms with Crippen molar-refractivity contribution < 1.29 is 9.90 Å². The Morgan fingerprint density at radius 2 is 1.89 bits per heavy atom. The number of hydrogen-bond donors (Lipinski definition) is 1. The van der Waals surface area contributed by atoms with Crippen molar-refractivity contribution in [1.82, 2.24) is 4.57 Å². The van der Waals surface area contributed by atoms with Crippen LogP contribution in [0.1, 0.15) is 44.9 Å². The molecule has 1 rings (SSSR count). The fraction of sp³-hybridized carbons (Fsp3) is 0.571. The minimum atomic E-state index is -0.972. The van der Waals surface area contributed by atoms with Crippen LogP contribution in [-0.2, 0) is 17.8 Å². The number of hydrogen-bond acceptors (Lipinski definition) is 2. The van der Waals surface area contributed by atoms with Gasteiger partial charge in [-0.2, -0.15) is 0 Å². The Kier molecular flexibility index (Phi) is 4.70. The smallest absolute Gasteiger partial charge is 0.308 e. The van der Waals surface area contributed by atoms with Gasteiger partial charge in [-0.05, 0) is 17.9 Å². The van der Waals surface area contributed by atoms with Gasteiger partial charge in [0, 0.05) is 17.8 Å². The summed E-state index contributed by atoms with van der Waals surface area (Å²) < 4.78 is 1.72. The highest BCUT2D eigenvalue weighted by Gasteiger charge is 2.14. The van der Waals surface area contributed by atoms with Crippen molar-refractivity contribution in [2.45, 2.75) is 46.6 Å². The van der Waals surface area contributed by atoms with Crippen molar-refractivity contribution in [2.75, 3.05) is 0 Å². The molecule has 4 nitrogen and oxygen atoms in total. The average Bonchev–Trinajstić information content (AvgIpc) is 2.22. The van der Waals surface area contributed by atoms with Crippen molar-refractivity contribution >= 4 is 5.97 Å². The maximum atomic E-state index is 12.3. The first-order valence-electron chi connectivity index (χ1n) is 6.27. The molecule has 1 heterocycles. The molecule has 0 bridgehead atoms. The Bertz CT molecular complexity index is 486. The third kappa shape index (κ3) is 3.45. The summed E-state index contributed by atoms with van der Waals surface area (Å²) in [7, 11) is 0. The molecule has 0 radical (unpaired) electrons. The molecule has 0 aliphatic carbocycles. The number of carboxylic acids is 1. The standard InChI is InChI=1S/C14H21NO3/c1-9(2)8-15-12(10(3)4)6-5-11(14(15)18)7-13(16)17/h5-6,9-10H,7-8H2,1-4H3,(H,16,17). The third-order valence-corrected chi connectivity index (χ3v) is 2.77. The average molecular weight is 251 g/mol. The van der Waals surface area contributed by atoms with E-state index < -0.39 is 5.97 Å². The van der Waals surface area contributed by atoms with E-state index in [2.05, 4.69) is 0 Å². The Morgan fingerprint density at radius 1 is 1.28 bits per heavy atom. The lowest BCUT2D eigenvalue weighted by Gasteiger charge is -2.18. The maximum Gasteiger partial charge on any atom is 0.308 e. The van der Waals surface area contributed by atoms with E-state index in [4.69, 9.17) is 5.11 Å². The highest BCUT2D eigenvalue weighted by atomic mass is 16.4. The second-order valence-corrected chi connectivity index (χ2v) is 5.32. The van der Waals surface area contributed by atoms with Gasteiger partial charge in [0.1, 0.15) is 0 Å². The fourth-order valence-electron chi connectivity index (χ4n) is 1.99. The van der Waals surface area contributed by atoms with Crippen LogP contribution >= 0.6 is 0 Å². The van der Waals surface area contributed by atoms with E-state index in [0.29, 0.717) is 18.0 Å². The van der Waals surface area contributed by atoms with Gasteiger partial charge >= 0.3 is 5.97 Å². The van der Waals surface area contributed by atoms with Crippen LogP contribution in [0.3, 0.4) is 0 Å². The van der Waals surface area contributed by atoms with Crippen LogP contribution < -0.4 is 5.56 Å². The summed E-state index contributed by atoms with van der Waals surface area (Å²) in [4.78, 5) is 23.0. The van der Waals surface area contributed by atoms with Crippen LogP contribution in [0.25, 0.3) is 0 Å². The molecule has 0 aromatic carbocycles. The SMILES string of the molecule is CC(C)Cn1c(C(C)C)ccc(CC(=O)O)c1=O. The third-order valence-electron chi connectivity index (χ3n) is 2.77. The van der Waals surface area contributed by atoms with Crippen LogP contribution in [0.4, 0.5) is 0 Å². The predicted octanol–water partition coefficient (Wildman–Crippen LogP) is 2.25. The first-order valence-corrected chi connectivity index (χ1v) is 6.27. The molecule has 4 heteroatoms. The molecule has 0 spiro atoms. The molecular formula is C14H21NO3. The van der Waals surface area contributed by atoms with Crippen LogP contribution in [0.2, 0.25) is 0 Å². The van der Waals surface area contributed by atoms with Gasteiger partial charge in [-0.1, -0.05) is 33.8 Å². The number of rotatable bonds is 5. The predicted molar refractivity (Wildman–Crippen MR) is 71.0 cm³/mol. The molecular weight excluding hydrogens is 230 g/mol. The highest BCUT2D eigenvalue weighted by molar-refractivity contribution is 5.69. The fourth-order valence-corrected chi connectivity index (χ4v) is 1.99. The van der Waals surface area contributed by atoms with Gasteiger partial charge in [-0.15, -0.1) is 0 Å². The maximum absolute atomic E-state index is 12.3. The number of carboxylic acid groups (broad SMARTS) is 1. The molecule has 18 heavy (non-hydrogen) atoms. The number of aromatic nitrogens is 1. The van der Waals surface area contributed by atoms with E-state index >= 15 is 0 Å². The molecule has 0 saturated heterocycles. The number of aliphatic carboxylic acids is 1. The first-order chi connectivity index (χ1) is 8.32. The monoisotopic (exact) mass is 251 g/mol. The lowest BCUT2D eigenvalue weighted by Crippen LogP contribution is -2.29.